The van der Waals surface area contributed by atoms with E-state index in [0.29, 0.717) is 0 Å². The summed E-state index contributed by atoms with van der Waals surface area (Å²) in [6, 6.07) is 83.7. The lowest BCUT2D eigenvalue weighted by molar-refractivity contribution is 1.54. The Morgan fingerprint density at radius 3 is 0.487 bits per heavy atom. The summed E-state index contributed by atoms with van der Waals surface area (Å²) in [5.41, 5.74) is 16.2. The smallest absolute Gasteiger partial charge is 0.0418 e. The third-order valence-electron chi connectivity index (χ3n) is 11.8. The number of rotatable bonds is 0. The van der Waals surface area contributed by atoms with Crippen molar-refractivity contribution in [3.63, 3.8) is 0 Å². The molecule has 0 saturated carbocycles. The summed E-state index contributed by atoms with van der Waals surface area (Å²) < 4.78 is 0. The van der Waals surface area contributed by atoms with Crippen molar-refractivity contribution in [2.45, 2.75) is 0 Å². The van der Waals surface area contributed by atoms with Gasteiger partial charge in [0, 0.05) is 100 Å². The summed E-state index contributed by atoms with van der Waals surface area (Å²) in [6.45, 7) is 0. The molecule has 0 unspecified atom stereocenters. The maximum atomic E-state index is 3.40. The van der Waals surface area contributed by atoms with Crippen LogP contribution >= 0.6 is 0 Å². The van der Waals surface area contributed by atoms with Gasteiger partial charge >= 0.3 is 0 Å². The quantitative estimate of drug-likeness (QED) is 0.133. The molecule has 10 rings (SSSR count). The van der Waals surface area contributed by atoms with E-state index in [4.69, 9.17) is 0 Å². The van der Waals surface area contributed by atoms with Crippen LogP contribution in [0.3, 0.4) is 0 Å². The largest absolute Gasteiger partial charge is 0.0622 e. The lowest BCUT2D eigenvalue weighted by Crippen LogP contribution is -1.88. The summed E-state index contributed by atoms with van der Waals surface area (Å²) in [4.78, 5) is 0. The fraction of sp³-hybridized carbons (Fsp3) is 0. The molecule has 0 aromatic heterocycles. The minimum Gasteiger partial charge on any atom is -0.0622 e. The van der Waals surface area contributed by atoms with Gasteiger partial charge in [0.05, 0.1) is 0 Å². The molecule has 0 heteroatoms. The van der Waals surface area contributed by atoms with E-state index >= 15 is 0 Å². The van der Waals surface area contributed by atoms with Crippen molar-refractivity contribution in [1.82, 2.24) is 0 Å². The second-order valence-electron chi connectivity index (χ2n) is 17.6. The topological polar surface area (TPSA) is 0 Å². The van der Waals surface area contributed by atoms with Crippen LogP contribution in [-0.4, -0.2) is 0 Å². The van der Waals surface area contributed by atoms with Crippen LogP contribution in [0.1, 0.15) is 100 Å². The first-order valence-electron chi connectivity index (χ1n) is 25.1. The molecule has 0 heterocycles. The highest BCUT2D eigenvalue weighted by Crippen LogP contribution is 2.14. The van der Waals surface area contributed by atoms with Crippen molar-refractivity contribution in [3.8, 4) is 107 Å². The van der Waals surface area contributed by atoms with E-state index in [2.05, 4.69) is 107 Å². The van der Waals surface area contributed by atoms with Gasteiger partial charge in [-0.2, -0.15) is 0 Å². The normalized spacial score (nSPS) is 9.38. The molecule has 10 aromatic carbocycles. The second-order valence-corrected chi connectivity index (χ2v) is 17.6. The Bertz CT molecular complexity index is 4360. The molecule has 0 amide bonds. The molecule has 0 bridgehead atoms. The van der Waals surface area contributed by atoms with E-state index in [9.17, 15) is 0 Å². The molecule has 0 saturated heterocycles. The molecule has 0 spiro atoms. The van der Waals surface area contributed by atoms with E-state index in [-0.39, 0.29) is 0 Å². The fourth-order valence-electron chi connectivity index (χ4n) is 7.51. The number of benzene rings is 10. The molecular weight excluding hydrogens is 937 g/mol. The number of hydrogen-bond donors (Lipinski definition) is 0. The predicted molar refractivity (Wildman–Crippen MR) is 318 cm³/mol. The summed E-state index contributed by atoms with van der Waals surface area (Å²) in [6.07, 6.45) is 0. The van der Waals surface area contributed by atoms with Gasteiger partial charge in [0.1, 0.15) is 0 Å². The Morgan fingerprint density at radius 2 is 0.269 bits per heavy atom. The Kier molecular flexibility index (Phi) is 16.4. The zero-order valence-corrected chi connectivity index (χ0v) is 42.2. The summed E-state index contributed by atoms with van der Waals surface area (Å²) in [7, 11) is 0. The van der Waals surface area contributed by atoms with Crippen LogP contribution < -0.4 is 0 Å². The molecule has 0 N–H and O–H groups in total. The van der Waals surface area contributed by atoms with Crippen molar-refractivity contribution in [3.05, 3.63) is 355 Å². The molecule has 0 nitrogen and oxygen atoms in total. The third-order valence-corrected chi connectivity index (χ3v) is 11.8. The van der Waals surface area contributed by atoms with Crippen LogP contribution in [0, 0.1) is 107 Å². The van der Waals surface area contributed by atoms with Gasteiger partial charge in [-0.05, 0) is 200 Å². The Balaban J connectivity index is 0.837. The van der Waals surface area contributed by atoms with Gasteiger partial charge in [0.15, 0.2) is 0 Å². The predicted octanol–water partition coefficient (Wildman–Crippen LogP) is 14.3. The highest BCUT2D eigenvalue weighted by atomic mass is 14.0. The van der Waals surface area contributed by atoms with Crippen molar-refractivity contribution in [2.24, 2.45) is 0 Å². The molecule has 78 heavy (non-hydrogen) atoms. The van der Waals surface area contributed by atoms with E-state index in [1.807, 2.05) is 255 Å². The first kappa shape index (κ1) is 49.8. The van der Waals surface area contributed by atoms with Gasteiger partial charge in [0.25, 0.3) is 0 Å². The van der Waals surface area contributed by atoms with E-state index in [1.54, 1.807) is 0 Å². The highest BCUT2D eigenvalue weighted by Gasteiger charge is 2.02. The lowest BCUT2D eigenvalue weighted by atomic mass is 10.0. The number of hydrogen-bond acceptors (Lipinski definition) is 0. The molecule has 0 radical (unpaired) electrons. The van der Waals surface area contributed by atoms with Gasteiger partial charge in [-0.1, -0.05) is 161 Å². The van der Waals surface area contributed by atoms with Crippen LogP contribution in [0.4, 0.5) is 0 Å². The molecule has 354 valence electrons. The summed E-state index contributed by atoms with van der Waals surface area (Å²) in [5, 5.41) is 0. The molecular formula is C78H42. The minimum absolute atomic E-state index is 0.775. The van der Waals surface area contributed by atoms with Crippen LogP contribution in [0.15, 0.2) is 255 Å². The zero-order chi connectivity index (χ0) is 52.8. The van der Waals surface area contributed by atoms with Crippen molar-refractivity contribution < 1.29 is 0 Å². The summed E-state index contributed by atoms with van der Waals surface area (Å²) in [5.74, 6) is 59.0. The third kappa shape index (κ3) is 15.1. The van der Waals surface area contributed by atoms with Gasteiger partial charge in [-0.25, -0.2) is 0 Å². The SMILES string of the molecule is C(#Cc1ccc(C#Cc2ccc(C#Cc3ccc(C#Cc4ccc(C#Cc5ccc(C#Cc6ccccc6)cc5)cc4)c(C#Cc4ccc(C#Cc5ccc(C#Cc6ccccc6)cc5)cc4)c3)cc2)cc1)c1ccccc1. The van der Waals surface area contributed by atoms with E-state index in [1.165, 1.54) is 0 Å². The average molecular weight is 979 g/mol. The van der Waals surface area contributed by atoms with Crippen molar-refractivity contribution in [2.75, 3.05) is 0 Å². The Morgan fingerprint density at radius 1 is 0.115 bits per heavy atom. The van der Waals surface area contributed by atoms with Crippen molar-refractivity contribution >= 4 is 0 Å². The average Bonchev–Trinajstić information content (AvgIpc) is 3.51. The monoisotopic (exact) mass is 978 g/mol. The van der Waals surface area contributed by atoms with Crippen LogP contribution in [0.5, 0.6) is 0 Å². The molecule has 0 aliphatic carbocycles. The van der Waals surface area contributed by atoms with Crippen LogP contribution in [0.25, 0.3) is 0 Å². The summed E-state index contributed by atoms with van der Waals surface area (Å²) >= 11 is 0. The van der Waals surface area contributed by atoms with Crippen LogP contribution in [0.2, 0.25) is 0 Å². The molecule has 0 aliphatic heterocycles. The van der Waals surface area contributed by atoms with E-state index in [0.717, 1.165) is 100 Å². The molecule has 0 fully saturated rings. The first-order valence-corrected chi connectivity index (χ1v) is 25.1. The van der Waals surface area contributed by atoms with Gasteiger partial charge in [0.2, 0.25) is 0 Å². The maximum Gasteiger partial charge on any atom is 0.0418 e. The fourth-order valence-corrected chi connectivity index (χ4v) is 7.51. The zero-order valence-electron chi connectivity index (χ0n) is 42.2. The van der Waals surface area contributed by atoms with Crippen LogP contribution in [-0.2, 0) is 0 Å². The van der Waals surface area contributed by atoms with Gasteiger partial charge in [-0.3, -0.25) is 0 Å². The maximum absolute atomic E-state index is 3.40. The Hall–Kier alpha value is -11.8. The second kappa shape index (κ2) is 25.8. The standard InChI is InChI=1S/C78H42/c1-4-10-61(11-5-1)16-19-64-22-28-67(29-23-64)34-35-70-40-42-73(43-41-70)52-53-76-56-58-77(57-54-74-48-44-71(45-49-74)38-36-68-30-24-65(25-31-68)20-17-62-12-6-2-7-13-62)78(60-76)59-55-75-50-46-72(47-51-75)39-37-69-32-26-66(27-33-69)21-18-63-14-8-3-9-15-63/h1-15,22-33,40-51,56,58,60H. The first-order chi connectivity index (χ1) is 38.6. The molecule has 0 atom stereocenters. The molecule has 10 aromatic rings. The minimum atomic E-state index is 0.775. The van der Waals surface area contributed by atoms with Crippen molar-refractivity contribution in [1.29, 1.82) is 0 Å². The van der Waals surface area contributed by atoms with Gasteiger partial charge < -0.3 is 0 Å². The highest BCUT2D eigenvalue weighted by molar-refractivity contribution is 5.60. The lowest BCUT2D eigenvalue weighted by Gasteiger charge is -2.00. The molecule has 0 aliphatic rings. The van der Waals surface area contributed by atoms with E-state index < -0.39 is 0 Å². The van der Waals surface area contributed by atoms with Gasteiger partial charge in [-0.15, -0.1) is 0 Å². The Labute approximate surface area is 459 Å².